The maximum atomic E-state index is 10.3. The number of hydrogen-bond acceptors (Lipinski definition) is 4. The summed E-state index contributed by atoms with van der Waals surface area (Å²) >= 11 is 7.87. The second kappa shape index (κ2) is 9.65. The van der Waals surface area contributed by atoms with Crippen LogP contribution in [0.3, 0.4) is 0 Å². The van der Waals surface area contributed by atoms with Gasteiger partial charge in [-0.2, -0.15) is 0 Å². The number of thioether (sulfide) groups is 1. The Morgan fingerprint density at radius 2 is 1.77 bits per heavy atom. The van der Waals surface area contributed by atoms with E-state index >= 15 is 0 Å². The number of benzene rings is 2. The Morgan fingerprint density at radius 1 is 1.12 bits per heavy atom. The second-order valence-electron chi connectivity index (χ2n) is 6.85. The fourth-order valence-electron chi connectivity index (χ4n) is 3.09. The van der Waals surface area contributed by atoms with Gasteiger partial charge in [-0.15, -0.1) is 11.8 Å². The highest BCUT2D eigenvalue weighted by atomic mass is 35.5. The Kier molecular flexibility index (Phi) is 7.26. The predicted octanol–water partition coefficient (Wildman–Crippen LogP) is 4.64. The van der Waals surface area contributed by atoms with E-state index < -0.39 is 6.10 Å². The first-order chi connectivity index (χ1) is 12.6. The van der Waals surface area contributed by atoms with Crippen molar-refractivity contribution in [3.8, 4) is 5.75 Å². The minimum absolute atomic E-state index is 0.336. The van der Waals surface area contributed by atoms with Gasteiger partial charge in [0, 0.05) is 21.7 Å². The van der Waals surface area contributed by atoms with Crippen LogP contribution in [0.4, 0.5) is 0 Å². The SMILES string of the molecule is Cc1ccc(OC[C@@H](O)CN2CCC(Sc3ccc(Cl)cc3)CC2)cc1. The van der Waals surface area contributed by atoms with Crippen LogP contribution in [0.25, 0.3) is 0 Å². The molecule has 5 heteroatoms. The van der Waals surface area contributed by atoms with Gasteiger partial charge in [-0.25, -0.2) is 0 Å². The molecule has 0 saturated carbocycles. The molecule has 26 heavy (non-hydrogen) atoms. The van der Waals surface area contributed by atoms with Crippen molar-refractivity contribution in [3.05, 3.63) is 59.1 Å². The lowest BCUT2D eigenvalue weighted by Gasteiger charge is -2.32. The van der Waals surface area contributed by atoms with E-state index in [0.29, 0.717) is 18.4 Å². The van der Waals surface area contributed by atoms with Gasteiger partial charge < -0.3 is 14.7 Å². The topological polar surface area (TPSA) is 32.7 Å². The van der Waals surface area contributed by atoms with Gasteiger partial charge in [0.15, 0.2) is 0 Å². The molecule has 140 valence electrons. The maximum Gasteiger partial charge on any atom is 0.119 e. The Hall–Kier alpha value is -1.20. The Balaban J connectivity index is 1.36. The molecule has 1 aliphatic rings. The molecule has 0 unspecified atom stereocenters. The molecular formula is C21H26ClNO2S. The molecule has 1 heterocycles. The smallest absolute Gasteiger partial charge is 0.119 e. The highest BCUT2D eigenvalue weighted by Gasteiger charge is 2.22. The number of rotatable bonds is 7. The monoisotopic (exact) mass is 391 g/mol. The molecule has 0 aromatic heterocycles. The van der Waals surface area contributed by atoms with Crippen molar-refractivity contribution in [2.45, 2.75) is 36.0 Å². The van der Waals surface area contributed by atoms with Gasteiger partial charge in [0.05, 0.1) is 0 Å². The van der Waals surface area contributed by atoms with Crippen molar-refractivity contribution in [3.63, 3.8) is 0 Å². The molecule has 1 atom stereocenters. The minimum Gasteiger partial charge on any atom is -0.491 e. The molecule has 3 nitrogen and oxygen atoms in total. The molecule has 3 rings (SSSR count). The summed E-state index contributed by atoms with van der Waals surface area (Å²) in [6, 6.07) is 16.0. The molecule has 1 saturated heterocycles. The fraction of sp³-hybridized carbons (Fsp3) is 0.429. The summed E-state index contributed by atoms with van der Waals surface area (Å²) in [6.07, 6.45) is 1.81. The average molecular weight is 392 g/mol. The molecule has 0 radical (unpaired) electrons. The quantitative estimate of drug-likeness (QED) is 0.744. The number of hydrogen-bond donors (Lipinski definition) is 1. The Labute approximate surface area is 165 Å². The first-order valence-corrected chi connectivity index (χ1v) is 10.4. The van der Waals surface area contributed by atoms with Crippen LogP contribution in [0.15, 0.2) is 53.4 Å². The largest absolute Gasteiger partial charge is 0.491 e. The third-order valence-electron chi connectivity index (χ3n) is 4.58. The average Bonchev–Trinajstić information content (AvgIpc) is 2.65. The van der Waals surface area contributed by atoms with Gasteiger partial charge in [-0.05, 0) is 69.3 Å². The molecule has 1 aliphatic heterocycles. The van der Waals surface area contributed by atoms with Crippen LogP contribution in [0.1, 0.15) is 18.4 Å². The summed E-state index contributed by atoms with van der Waals surface area (Å²) in [7, 11) is 0. The zero-order valence-corrected chi connectivity index (χ0v) is 16.7. The number of halogens is 1. The summed E-state index contributed by atoms with van der Waals surface area (Å²) in [5.74, 6) is 0.813. The van der Waals surface area contributed by atoms with Crippen molar-refractivity contribution < 1.29 is 9.84 Å². The first kappa shape index (κ1) is 19.6. The third kappa shape index (κ3) is 6.20. The lowest BCUT2D eigenvalue weighted by atomic mass is 10.1. The summed E-state index contributed by atoms with van der Waals surface area (Å²) in [6.45, 7) is 5.10. The zero-order valence-electron chi connectivity index (χ0n) is 15.1. The van der Waals surface area contributed by atoms with E-state index in [1.807, 2.05) is 55.1 Å². The van der Waals surface area contributed by atoms with Crippen LogP contribution in [-0.2, 0) is 0 Å². The standard InChI is InChI=1S/C21H26ClNO2S/c1-16-2-6-19(7-3-16)25-15-18(24)14-23-12-10-21(11-13-23)26-20-8-4-17(22)5-9-20/h2-9,18,21,24H,10-15H2,1H3/t18-/m0/s1. The molecule has 0 spiro atoms. The van der Waals surface area contributed by atoms with Gasteiger partial charge in [-0.1, -0.05) is 29.3 Å². The molecule has 0 amide bonds. The van der Waals surface area contributed by atoms with E-state index in [4.69, 9.17) is 16.3 Å². The van der Waals surface area contributed by atoms with E-state index in [9.17, 15) is 5.11 Å². The maximum absolute atomic E-state index is 10.3. The second-order valence-corrected chi connectivity index (χ2v) is 8.66. The van der Waals surface area contributed by atoms with E-state index in [1.165, 1.54) is 10.5 Å². The number of aliphatic hydroxyl groups is 1. The molecular weight excluding hydrogens is 366 g/mol. The lowest BCUT2D eigenvalue weighted by Crippen LogP contribution is -2.41. The molecule has 2 aromatic rings. The van der Waals surface area contributed by atoms with Crippen molar-refractivity contribution in [1.29, 1.82) is 0 Å². The first-order valence-electron chi connectivity index (χ1n) is 9.10. The van der Waals surface area contributed by atoms with Crippen molar-refractivity contribution in [2.24, 2.45) is 0 Å². The minimum atomic E-state index is -0.461. The van der Waals surface area contributed by atoms with E-state index in [-0.39, 0.29) is 0 Å². The summed E-state index contributed by atoms with van der Waals surface area (Å²) in [5.41, 5.74) is 1.21. The molecule has 0 aliphatic carbocycles. The van der Waals surface area contributed by atoms with Crippen molar-refractivity contribution >= 4 is 23.4 Å². The van der Waals surface area contributed by atoms with Crippen LogP contribution in [0.2, 0.25) is 5.02 Å². The highest BCUT2D eigenvalue weighted by Crippen LogP contribution is 2.31. The van der Waals surface area contributed by atoms with Crippen molar-refractivity contribution in [2.75, 3.05) is 26.2 Å². The molecule has 1 fully saturated rings. The number of aryl methyl sites for hydroxylation is 1. The summed E-state index contributed by atoms with van der Waals surface area (Å²) < 4.78 is 5.68. The van der Waals surface area contributed by atoms with Gasteiger partial charge >= 0.3 is 0 Å². The van der Waals surface area contributed by atoms with Crippen LogP contribution in [0, 0.1) is 6.92 Å². The van der Waals surface area contributed by atoms with Gasteiger partial charge in [-0.3, -0.25) is 0 Å². The van der Waals surface area contributed by atoms with Gasteiger partial charge in [0.2, 0.25) is 0 Å². The number of aliphatic hydroxyl groups excluding tert-OH is 1. The Morgan fingerprint density at radius 3 is 2.42 bits per heavy atom. The molecule has 2 aromatic carbocycles. The van der Waals surface area contributed by atoms with Crippen LogP contribution in [0.5, 0.6) is 5.75 Å². The third-order valence-corrected chi connectivity index (χ3v) is 6.18. The number of likely N-dealkylation sites (tertiary alicyclic amines) is 1. The normalized spacial score (nSPS) is 17.2. The Bertz CT molecular complexity index is 669. The van der Waals surface area contributed by atoms with Crippen LogP contribution >= 0.6 is 23.4 Å². The number of ether oxygens (including phenoxy) is 1. The fourth-order valence-corrected chi connectivity index (χ4v) is 4.34. The van der Waals surface area contributed by atoms with Gasteiger partial charge in [0.25, 0.3) is 0 Å². The predicted molar refractivity (Wildman–Crippen MR) is 109 cm³/mol. The molecule has 0 bridgehead atoms. The highest BCUT2D eigenvalue weighted by molar-refractivity contribution is 8.00. The summed E-state index contributed by atoms with van der Waals surface area (Å²) in [4.78, 5) is 3.61. The number of piperidine rings is 1. The van der Waals surface area contributed by atoms with Gasteiger partial charge in [0.1, 0.15) is 18.5 Å². The van der Waals surface area contributed by atoms with E-state index in [1.54, 1.807) is 0 Å². The summed E-state index contributed by atoms with van der Waals surface area (Å²) in [5, 5.41) is 11.7. The van der Waals surface area contributed by atoms with Crippen LogP contribution in [-0.4, -0.2) is 47.6 Å². The number of β-amino-alcohol motifs (C(OH)–C–C–N with tert-alkyl or cyclic N) is 1. The van der Waals surface area contributed by atoms with E-state index in [2.05, 4.69) is 17.0 Å². The van der Waals surface area contributed by atoms with Crippen LogP contribution < -0.4 is 4.74 Å². The molecule has 1 N–H and O–H groups in total. The lowest BCUT2D eigenvalue weighted by molar-refractivity contribution is 0.0623. The zero-order chi connectivity index (χ0) is 18.4. The number of nitrogens with zero attached hydrogens (tertiary/aromatic N) is 1. The van der Waals surface area contributed by atoms with E-state index in [0.717, 1.165) is 36.7 Å². The van der Waals surface area contributed by atoms with Crippen molar-refractivity contribution in [1.82, 2.24) is 4.90 Å².